The van der Waals surface area contributed by atoms with Crippen LogP contribution >= 0.6 is 11.3 Å². The molecule has 0 radical (unpaired) electrons. The van der Waals surface area contributed by atoms with Gasteiger partial charge in [-0.05, 0) is 17.7 Å². The largest absolute Gasteiger partial charge is 0.297 e. The number of aromatic nitrogens is 2. The van der Waals surface area contributed by atoms with E-state index in [0.29, 0.717) is 0 Å². The van der Waals surface area contributed by atoms with Crippen molar-refractivity contribution < 1.29 is 0 Å². The van der Waals surface area contributed by atoms with E-state index >= 15 is 0 Å². The highest BCUT2D eigenvalue weighted by molar-refractivity contribution is 7.09. The number of piperazine rings is 1. The zero-order chi connectivity index (χ0) is 16.3. The van der Waals surface area contributed by atoms with E-state index in [2.05, 4.69) is 53.1 Å². The second-order valence-corrected chi connectivity index (χ2v) is 8.23. The first kappa shape index (κ1) is 16.6. The molecule has 0 saturated carbocycles. The summed E-state index contributed by atoms with van der Waals surface area (Å²) < 4.78 is 0. The smallest absolute Gasteiger partial charge is 0.107 e. The molecule has 1 aliphatic rings. The average Bonchev–Trinajstić information content (AvgIpc) is 2.99. The minimum atomic E-state index is 0.151. The van der Waals surface area contributed by atoms with Crippen molar-refractivity contribution in [2.45, 2.75) is 39.3 Å². The lowest BCUT2D eigenvalue weighted by atomic mass is 9.93. The van der Waals surface area contributed by atoms with Crippen LogP contribution in [0.4, 0.5) is 0 Å². The Kier molecular flexibility index (Phi) is 5.09. The molecule has 2 aromatic heterocycles. The predicted octanol–water partition coefficient (Wildman–Crippen LogP) is 3.15. The summed E-state index contributed by atoms with van der Waals surface area (Å²) in [4.78, 5) is 13.9. The average molecular weight is 331 g/mol. The number of thiazole rings is 1. The topological polar surface area (TPSA) is 32.3 Å². The fraction of sp³-hybridized carbons (Fsp3) is 0.556. The van der Waals surface area contributed by atoms with Crippen LogP contribution in [0.25, 0.3) is 0 Å². The molecule has 23 heavy (non-hydrogen) atoms. The Labute approximate surface area is 143 Å². The van der Waals surface area contributed by atoms with Crippen LogP contribution in [0.2, 0.25) is 0 Å². The van der Waals surface area contributed by atoms with Gasteiger partial charge < -0.3 is 0 Å². The van der Waals surface area contributed by atoms with E-state index in [1.54, 1.807) is 11.3 Å². The molecular formula is C18H26N4S. The van der Waals surface area contributed by atoms with Crippen LogP contribution in [-0.4, -0.2) is 45.9 Å². The van der Waals surface area contributed by atoms with Crippen LogP contribution in [0.15, 0.2) is 29.9 Å². The van der Waals surface area contributed by atoms with Gasteiger partial charge in [-0.25, -0.2) is 4.98 Å². The van der Waals surface area contributed by atoms with Crippen molar-refractivity contribution >= 4 is 11.3 Å². The SMILES string of the molecule is CC(C)(C)c1csc(CN2CCN(Cc3ccncc3)CC2)n1. The summed E-state index contributed by atoms with van der Waals surface area (Å²) in [6, 6.07) is 4.21. The summed E-state index contributed by atoms with van der Waals surface area (Å²) in [7, 11) is 0. The summed E-state index contributed by atoms with van der Waals surface area (Å²) in [5.74, 6) is 0. The Balaban J connectivity index is 1.48. The van der Waals surface area contributed by atoms with E-state index in [1.165, 1.54) is 16.3 Å². The molecule has 124 valence electrons. The van der Waals surface area contributed by atoms with Crippen molar-refractivity contribution in [3.63, 3.8) is 0 Å². The fourth-order valence-corrected chi connectivity index (χ4v) is 3.83. The van der Waals surface area contributed by atoms with Gasteiger partial charge in [-0.1, -0.05) is 20.8 Å². The Morgan fingerprint density at radius 1 is 1.00 bits per heavy atom. The molecule has 0 spiro atoms. The maximum atomic E-state index is 4.82. The molecule has 1 saturated heterocycles. The highest BCUT2D eigenvalue weighted by Crippen LogP contribution is 2.24. The zero-order valence-corrected chi connectivity index (χ0v) is 15.1. The minimum absolute atomic E-state index is 0.151. The fourth-order valence-electron chi connectivity index (χ4n) is 2.77. The number of hydrogen-bond donors (Lipinski definition) is 0. The molecule has 0 aromatic carbocycles. The number of rotatable bonds is 4. The van der Waals surface area contributed by atoms with Crippen LogP contribution in [0.3, 0.4) is 0 Å². The Hall–Kier alpha value is -1.30. The van der Waals surface area contributed by atoms with Gasteiger partial charge in [0.15, 0.2) is 0 Å². The van der Waals surface area contributed by atoms with Gasteiger partial charge in [0, 0.05) is 55.9 Å². The highest BCUT2D eigenvalue weighted by atomic mass is 32.1. The van der Waals surface area contributed by atoms with Crippen LogP contribution in [-0.2, 0) is 18.5 Å². The number of nitrogens with zero attached hydrogens (tertiary/aromatic N) is 4. The van der Waals surface area contributed by atoms with E-state index in [-0.39, 0.29) is 5.41 Å². The normalized spacial score (nSPS) is 17.5. The maximum Gasteiger partial charge on any atom is 0.107 e. The summed E-state index contributed by atoms with van der Waals surface area (Å²) in [6.45, 7) is 13.2. The molecule has 0 N–H and O–H groups in total. The first-order chi connectivity index (χ1) is 11.0. The van der Waals surface area contributed by atoms with E-state index in [0.717, 1.165) is 39.3 Å². The summed E-state index contributed by atoms with van der Waals surface area (Å²) in [5, 5.41) is 3.46. The third-order valence-corrected chi connectivity index (χ3v) is 5.13. The molecule has 4 nitrogen and oxygen atoms in total. The first-order valence-electron chi connectivity index (χ1n) is 8.29. The standard InChI is InChI=1S/C18H26N4S/c1-18(2,3)16-14-23-17(20-16)13-22-10-8-21(9-11-22)12-15-4-6-19-7-5-15/h4-7,14H,8-13H2,1-3H3. The van der Waals surface area contributed by atoms with E-state index in [9.17, 15) is 0 Å². The van der Waals surface area contributed by atoms with Gasteiger partial charge in [-0.15, -0.1) is 11.3 Å². The van der Waals surface area contributed by atoms with Crippen LogP contribution in [0.1, 0.15) is 37.0 Å². The number of pyridine rings is 1. The van der Waals surface area contributed by atoms with Gasteiger partial charge in [-0.2, -0.15) is 0 Å². The lowest BCUT2D eigenvalue weighted by Crippen LogP contribution is -2.45. The summed E-state index contributed by atoms with van der Waals surface area (Å²) in [6.07, 6.45) is 3.75. The molecule has 1 fully saturated rings. The summed E-state index contributed by atoms with van der Waals surface area (Å²) >= 11 is 1.80. The molecule has 3 rings (SSSR count). The molecule has 1 aliphatic heterocycles. The van der Waals surface area contributed by atoms with E-state index < -0.39 is 0 Å². The zero-order valence-electron chi connectivity index (χ0n) is 14.3. The minimum Gasteiger partial charge on any atom is -0.297 e. The molecule has 0 amide bonds. The van der Waals surface area contributed by atoms with Gasteiger partial charge in [0.05, 0.1) is 12.2 Å². The van der Waals surface area contributed by atoms with Crippen LogP contribution in [0.5, 0.6) is 0 Å². The van der Waals surface area contributed by atoms with Crippen molar-refractivity contribution in [3.8, 4) is 0 Å². The highest BCUT2D eigenvalue weighted by Gasteiger charge is 2.20. The van der Waals surface area contributed by atoms with Gasteiger partial charge in [-0.3, -0.25) is 14.8 Å². The van der Waals surface area contributed by atoms with Gasteiger partial charge >= 0.3 is 0 Å². The van der Waals surface area contributed by atoms with Gasteiger partial charge in [0.1, 0.15) is 5.01 Å². The molecule has 2 aromatic rings. The Morgan fingerprint density at radius 3 is 2.17 bits per heavy atom. The monoisotopic (exact) mass is 330 g/mol. The third-order valence-electron chi connectivity index (χ3n) is 4.30. The van der Waals surface area contributed by atoms with Crippen molar-refractivity contribution in [2.75, 3.05) is 26.2 Å². The predicted molar refractivity (Wildman–Crippen MR) is 95.6 cm³/mol. The van der Waals surface area contributed by atoms with Crippen molar-refractivity contribution in [2.24, 2.45) is 0 Å². The Bertz CT molecular complexity index is 609. The molecule has 0 bridgehead atoms. The van der Waals surface area contributed by atoms with Crippen molar-refractivity contribution in [1.29, 1.82) is 0 Å². The molecular weight excluding hydrogens is 304 g/mol. The molecule has 5 heteroatoms. The molecule has 3 heterocycles. The lowest BCUT2D eigenvalue weighted by Gasteiger charge is -2.34. The van der Waals surface area contributed by atoms with Crippen molar-refractivity contribution in [1.82, 2.24) is 19.8 Å². The summed E-state index contributed by atoms with van der Waals surface area (Å²) in [5.41, 5.74) is 2.72. The quantitative estimate of drug-likeness (QED) is 0.862. The van der Waals surface area contributed by atoms with Gasteiger partial charge in [0.25, 0.3) is 0 Å². The molecule has 0 unspecified atom stereocenters. The lowest BCUT2D eigenvalue weighted by molar-refractivity contribution is 0.122. The van der Waals surface area contributed by atoms with Crippen LogP contribution < -0.4 is 0 Å². The van der Waals surface area contributed by atoms with Crippen molar-refractivity contribution in [3.05, 3.63) is 46.2 Å². The van der Waals surface area contributed by atoms with E-state index in [1.807, 2.05) is 12.4 Å². The van der Waals surface area contributed by atoms with E-state index in [4.69, 9.17) is 4.98 Å². The molecule has 0 aliphatic carbocycles. The number of hydrogen-bond acceptors (Lipinski definition) is 5. The first-order valence-corrected chi connectivity index (χ1v) is 9.17. The van der Waals surface area contributed by atoms with Crippen LogP contribution in [0, 0.1) is 0 Å². The molecule has 0 atom stereocenters. The Morgan fingerprint density at radius 2 is 1.61 bits per heavy atom. The second kappa shape index (κ2) is 7.07. The second-order valence-electron chi connectivity index (χ2n) is 7.28. The maximum absolute atomic E-state index is 4.82. The van der Waals surface area contributed by atoms with Gasteiger partial charge in [0.2, 0.25) is 0 Å². The third kappa shape index (κ3) is 4.59.